The molecule has 6 nitrogen and oxygen atoms in total. The molecule has 0 aliphatic carbocycles. The van der Waals surface area contributed by atoms with Crippen molar-refractivity contribution < 1.29 is 32.1 Å². The predicted octanol–water partition coefficient (Wildman–Crippen LogP) is 4.42. The highest BCUT2D eigenvalue weighted by Gasteiger charge is 2.30. The summed E-state index contributed by atoms with van der Waals surface area (Å²) in [7, 11) is 4.47. The molecule has 0 aliphatic heterocycles. The van der Waals surface area contributed by atoms with Crippen molar-refractivity contribution in [1.82, 2.24) is 0 Å². The normalized spacial score (nSPS) is 10.7. The highest BCUT2D eigenvalue weighted by atomic mass is 32.1. The average Bonchev–Trinajstić information content (AvgIpc) is 2.61. The van der Waals surface area contributed by atoms with Crippen molar-refractivity contribution in [3.63, 3.8) is 0 Å². The number of halogens is 3. The van der Waals surface area contributed by atoms with Crippen LogP contribution in [0.2, 0.25) is 0 Å². The number of benzene rings is 2. The Bertz CT molecular complexity index is 773. The van der Waals surface area contributed by atoms with Gasteiger partial charge in [0.15, 0.2) is 16.6 Å². The lowest BCUT2D eigenvalue weighted by Gasteiger charge is -2.16. The molecule has 0 atom stereocenters. The first-order chi connectivity index (χ1) is 12.8. The molecule has 10 heteroatoms. The minimum absolute atomic E-state index is 0.216. The monoisotopic (exact) mass is 402 g/mol. The van der Waals surface area contributed by atoms with Crippen LogP contribution in [0.15, 0.2) is 36.4 Å². The summed E-state index contributed by atoms with van der Waals surface area (Å²) in [5.74, 6) is 0.993. The summed E-state index contributed by atoms with van der Waals surface area (Å²) in [6.45, 7) is 0. The number of ether oxygens (including phenoxy) is 4. The largest absolute Gasteiger partial charge is 0.573 e. The van der Waals surface area contributed by atoms with E-state index < -0.39 is 6.36 Å². The van der Waals surface area contributed by atoms with Gasteiger partial charge in [-0.15, -0.1) is 13.2 Å². The number of anilines is 2. The molecule has 2 N–H and O–H groups in total. The lowest BCUT2D eigenvalue weighted by atomic mass is 10.2. The summed E-state index contributed by atoms with van der Waals surface area (Å²) in [4.78, 5) is 0. The van der Waals surface area contributed by atoms with E-state index in [1.807, 2.05) is 0 Å². The van der Waals surface area contributed by atoms with Gasteiger partial charge >= 0.3 is 6.36 Å². The molecule has 0 aromatic heterocycles. The first-order valence-electron chi connectivity index (χ1n) is 7.49. The molecule has 2 rings (SSSR count). The molecule has 0 unspecified atom stereocenters. The highest BCUT2D eigenvalue weighted by molar-refractivity contribution is 7.80. The van der Waals surface area contributed by atoms with Gasteiger partial charge in [0.05, 0.1) is 21.3 Å². The van der Waals surface area contributed by atoms with Gasteiger partial charge < -0.3 is 29.6 Å². The molecule has 0 bridgehead atoms. The van der Waals surface area contributed by atoms with Crippen molar-refractivity contribution >= 4 is 28.7 Å². The Hall–Kier alpha value is -2.88. The summed E-state index contributed by atoms with van der Waals surface area (Å²) in [6, 6.07) is 8.50. The molecule has 0 amide bonds. The van der Waals surface area contributed by atoms with E-state index in [1.165, 1.54) is 45.6 Å². The van der Waals surface area contributed by atoms with Crippen LogP contribution < -0.4 is 29.6 Å². The van der Waals surface area contributed by atoms with E-state index in [1.54, 1.807) is 12.1 Å². The number of methoxy groups -OCH3 is 3. The van der Waals surface area contributed by atoms with Crippen LogP contribution in [0.4, 0.5) is 24.5 Å². The topological polar surface area (TPSA) is 61.0 Å². The molecule has 0 saturated carbocycles. The van der Waals surface area contributed by atoms with Gasteiger partial charge in [-0.1, -0.05) is 0 Å². The molecule has 0 radical (unpaired) electrons. The van der Waals surface area contributed by atoms with E-state index in [0.717, 1.165) is 0 Å². The maximum atomic E-state index is 12.2. The zero-order valence-electron chi connectivity index (χ0n) is 14.6. The van der Waals surface area contributed by atoms with Crippen molar-refractivity contribution in [3.8, 4) is 23.0 Å². The SMILES string of the molecule is COc1cc(NC(=S)Nc2ccc(OC(F)(F)F)cc2)cc(OC)c1OC. The third kappa shape index (κ3) is 5.81. The molecule has 2 aromatic carbocycles. The van der Waals surface area contributed by atoms with Crippen LogP contribution in [0.1, 0.15) is 0 Å². The molecule has 0 heterocycles. The molecule has 27 heavy (non-hydrogen) atoms. The Kier molecular flexibility index (Phi) is 6.56. The number of alkyl halides is 3. The molecular formula is C17H17F3N2O4S. The lowest BCUT2D eigenvalue weighted by molar-refractivity contribution is -0.274. The molecule has 146 valence electrons. The minimum atomic E-state index is -4.74. The van der Waals surface area contributed by atoms with Crippen molar-refractivity contribution in [2.24, 2.45) is 0 Å². The second-order valence-corrected chi connectivity index (χ2v) is 5.47. The molecule has 0 aliphatic rings. The minimum Gasteiger partial charge on any atom is -0.493 e. The summed E-state index contributed by atoms with van der Waals surface area (Å²) in [5.41, 5.74) is 1.05. The van der Waals surface area contributed by atoms with Crippen LogP contribution in [0.5, 0.6) is 23.0 Å². The van der Waals surface area contributed by atoms with Gasteiger partial charge in [0.1, 0.15) is 5.75 Å². The standard InChI is InChI=1S/C17H17F3N2O4S/c1-23-13-8-11(9-14(24-2)15(13)25-3)22-16(27)21-10-4-6-12(7-5-10)26-17(18,19)20/h4-9H,1-3H3,(H2,21,22,27). The van der Waals surface area contributed by atoms with Gasteiger partial charge in [0.2, 0.25) is 5.75 Å². The highest BCUT2D eigenvalue weighted by Crippen LogP contribution is 2.40. The first kappa shape index (κ1) is 20.4. The summed E-state index contributed by atoms with van der Waals surface area (Å²) in [6.07, 6.45) is -4.74. The predicted molar refractivity (Wildman–Crippen MR) is 99.1 cm³/mol. The number of nitrogens with one attached hydrogen (secondary N) is 2. The smallest absolute Gasteiger partial charge is 0.493 e. The number of rotatable bonds is 6. The second-order valence-electron chi connectivity index (χ2n) is 5.07. The summed E-state index contributed by atoms with van der Waals surface area (Å²) < 4.78 is 56.1. The third-order valence-electron chi connectivity index (χ3n) is 3.27. The van der Waals surface area contributed by atoms with Crippen molar-refractivity contribution in [2.45, 2.75) is 6.36 Å². The number of thiocarbonyl (C=S) groups is 1. The molecular weight excluding hydrogens is 385 g/mol. The first-order valence-corrected chi connectivity index (χ1v) is 7.90. The fraction of sp³-hybridized carbons (Fsp3) is 0.235. The van der Waals surface area contributed by atoms with Crippen LogP contribution in [-0.4, -0.2) is 32.8 Å². The van der Waals surface area contributed by atoms with Crippen molar-refractivity contribution in [2.75, 3.05) is 32.0 Å². The Morgan fingerprint density at radius 1 is 0.852 bits per heavy atom. The summed E-state index contributed by atoms with van der Waals surface area (Å²) >= 11 is 5.21. The van der Waals surface area contributed by atoms with Gasteiger partial charge in [-0.2, -0.15) is 0 Å². The maximum Gasteiger partial charge on any atom is 0.573 e. The van der Waals surface area contributed by atoms with Crippen molar-refractivity contribution in [1.29, 1.82) is 0 Å². The number of hydrogen-bond acceptors (Lipinski definition) is 5. The van der Waals surface area contributed by atoms with E-state index in [9.17, 15) is 13.2 Å². The lowest BCUT2D eigenvalue weighted by Crippen LogP contribution is -2.19. The van der Waals surface area contributed by atoms with Gasteiger partial charge in [-0.05, 0) is 36.5 Å². The number of hydrogen-bond donors (Lipinski definition) is 2. The van der Waals surface area contributed by atoms with E-state index in [0.29, 0.717) is 28.6 Å². The van der Waals surface area contributed by atoms with Crippen LogP contribution in [-0.2, 0) is 0 Å². The van der Waals surface area contributed by atoms with Crippen LogP contribution in [0.3, 0.4) is 0 Å². The zero-order valence-corrected chi connectivity index (χ0v) is 15.5. The zero-order chi connectivity index (χ0) is 20.0. The quantitative estimate of drug-likeness (QED) is 0.694. The van der Waals surface area contributed by atoms with Crippen LogP contribution in [0, 0.1) is 0 Å². The molecule has 0 fully saturated rings. The average molecular weight is 402 g/mol. The Labute approximate surface area is 159 Å². The van der Waals surface area contributed by atoms with E-state index in [2.05, 4.69) is 15.4 Å². The molecule has 0 saturated heterocycles. The maximum absolute atomic E-state index is 12.2. The van der Waals surface area contributed by atoms with Crippen LogP contribution >= 0.6 is 12.2 Å². The van der Waals surface area contributed by atoms with E-state index in [4.69, 9.17) is 26.4 Å². The van der Waals surface area contributed by atoms with E-state index >= 15 is 0 Å². The Morgan fingerprint density at radius 3 is 1.81 bits per heavy atom. The summed E-state index contributed by atoms with van der Waals surface area (Å²) in [5, 5.41) is 6.01. The van der Waals surface area contributed by atoms with Gasteiger partial charge in [0, 0.05) is 23.5 Å². The second kappa shape index (κ2) is 8.67. The van der Waals surface area contributed by atoms with Gasteiger partial charge in [-0.25, -0.2) is 0 Å². The van der Waals surface area contributed by atoms with E-state index in [-0.39, 0.29) is 10.9 Å². The third-order valence-corrected chi connectivity index (χ3v) is 3.47. The Morgan fingerprint density at radius 2 is 1.37 bits per heavy atom. The Balaban J connectivity index is 2.07. The van der Waals surface area contributed by atoms with Gasteiger partial charge in [0.25, 0.3) is 0 Å². The van der Waals surface area contributed by atoms with Gasteiger partial charge in [-0.3, -0.25) is 0 Å². The molecule has 0 spiro atoms. The van der Waals surface area contributed by atoms with Crippen LogP contribution in [0.25, 0.3) is 0 Å². The van der Waals surface area contributed by atoms with Crippen molar-refractivity contribution in [3.05, 3.63) is 36.4 Å². The fourth-order valence-corrected chi connectivity index (χ4v) is 2.42. The fourth-order valence-electron chi connectivity index (χ4n) is 2.19. The molecule has 2 aromatic rings.